The molecule has 94 valence electrons. The summed E-state index contributed by atoms with van der Waals surface area (Å²) in [6, 6.07) is 7.54. The van der Waals surface area contributed by atoms with E-state index in [1.807, 2.05) is 31.2 Å². The van der Waals surface area contributed by atoms with Crippen LogP contribution >= 0.6 is 27.5 Å². The summed E-state index contributed by atoms with van der Waals surface area (Å²) >= 11 is 9.15. The molecule has 0 N–H and O–H groups in total. The second-order valence-corrected chi connectivity index (χ2v) is 5.05. The van der Waals surface area contributed by atoms with Crippen LogP contribution in [0.3, 0.4) is 0 Å². The number of benzene rings is 1. The normalized spacial score (nSPS) is 12.0. The molecule has 3 nitrogen and oxygen atoms in total. The van der Waals surface area contributed by atoms with E-state index in [2.05, 4.69) is 25.6 Å². The third-order valence-electron chi connectivity index (χ3n) is 2.41. The van der Waals surface area contributed by atoms with Gasteiger partial charge in [0.2, 0.25) is 0 Å². The molecule has 0 aliphatic rings. The Kier molecular flexibility index (Phi) is 5.78. The van der Waals surface area contributed by atoms with Crippen molar-refractivity contribution in [1.82, 2.24) is 0 Å². The fourth-order valence-electron chi connectivity index (χ4n) is 1.46. The molecule has 1 rings (SSSR count). The van der Waals surface area contributed by atoms with Gasteiger partial charge in [-0.1, -0.05) is 27.5 Å². The van der Waals surface area contributed by atoms with Crippen molar-refractivity contribution in [1.29, 1.82) is 0 Å². The van der Waals surface area contributed by atoms with E-state index < -0.39 is 0 Å². The van der Waals surface area contributed by atoms with Crippen molar-refractivity contribution in [2.75, 3.05) is 25.1 Å². The molecule has 0 fully saturated rings. The van der Waals surface area contributed by atoms with Gasteiger partial charge in [0.15, 0.2) is 0 Å². The van der Waals surface area contributed by atoms with Crippen molar-refractivity contribution in [2.45, 2.75) is 11.8 Å². The average molecular weight is 321 g/mol. The second kappa shape index (κ2) is 6.87. The molecule has 1 atom stereocenters. The molecule has 0 saturated heterocycles. The summed E-state index contributed by atoms with van der Waals surface area (Å²) in [6.45, 7) is 3.40. The van der Waals surface area contributed by atoms with Crippen molar-refractivity contribution < 1.29 is 9.53 Å². The minimum atomic E-state index is -0.330. The average Bonchev–Trinajstić information content (AvgIpc) is 2.35. The van der Waals surface area contributed by atoms with E-state index in [4.69, 9.17) is 11.6 Å². The first kappa shape index (κ1) is 14.3. The number of carbonyl (C=O) groups is 1. The van der Waals surface area contributed by atoms with E-state index in [-0.39, 0.29) is 10.8 Å². The zero-order chi connectivity index (χ0) is 12.8. The predicted molar refractivity (Wildman–Crippen MR) is 74.1 cm³/mol. The van der Waals surface area contributed by atoms with Crippen LogP contribution in [0.2, 0.25) is 5.02 Å². The first-order valence-electron chi connectivity index (χ1n) is 5.31. The molecule has 0 spiro atoms. The molecule has 0 saturated carbocycles. The van der Waals surface area contributed by atoms with Crippen LogP contribution in [0.15, 0.2) is 24.3 Å². The maximum Gasteiger partial charge on any atom is 0.321 e. The Morgan fingerprint density at radius 1 is 1.47 bits per heavy atom. The maximum atomic E-state index is 11.3. The highest BCUT2D eigenvalue weighted by molar-refractivity contribution is 9.10. The fraction of sp³-hybridized carbons (Fsp3) is 0.417. The lowest BCUT2D eigenvalue weighted by Crippen LogP contribution is -2.34. The molecule has 0 radical (unpaired) electrons. The molecular formula is C12H15BrClNO2. The summed E-state index contributed by atoms with van der Waals surface area (Å²) in [5.74, 6) is -0.266. The number of ether oxygens (including phenoxy) is 1. The Balaban J connectivity index is 2.71. The van der Waals surface area contributed by atoms with E-state index in [1.54, 1.807) is 0 Å². The van der Waals surface area contributed by atoms with E-state index in [9.17, 15) is 4.79 Å². The molecule has 1 aromatic rings. The van der Waals surface area contributed by atoms with Gasteiger partial charge >= 0.3 is 5.97 Å². The van der Waals surface area contributed by atoms with Crippen molar-refractivity contribution in [3.8, 4) is 0 Å². The third kappa shape index (κ3) is 4.21. The number of alkyl halides is 1. The highest BCUT2D eigenvalue weighted by Crippen LogP contribution is 2.19. The molecule has 0 amide bonds. The van der Waals surface area contributed by atoms with Crippen LogP contribution in [0, 0.1) is 0 Å². The highest BCUT2D eigenvalue weighted by atomic mass is 79.9. The Morgan fingerprint density at radius 2 is 2.06 bits per heavy atom. The Hall–Kier alpha value is -0.740. The third-order valence-corrected chi connectivity index (χ3v) is 3.33. The Labute approximate surface area is 115 Å². The van der Waals surface area contributed by atoms with Gasteiger partial charge in [0, 0.05) is 23.8 Å². The van der Waals surface area contributed by atoms with Gasteiger partial charge in [-0.05, 0) is 31.2 Å². The molecule has 0 aliphatic carbocycles. The van der Waals surface area contributed by atoms with Crippen LogP contribution in [0.1, 0.15) is 6.92 Å². The van der Waals surface area contributed by atoms with Crippen LogP contribution < -0.4 is 4.90 Å². The molecule has 0 aliphatic heterocycles. The monoisotopic (exact) mass is 319 g/mol. The fourth-order valence-corrected chi connectivity index (χ4v) is 2.13. The summed E-state index contributed by atoms with van der Waals surface area (Å²) in [7, 11) is 1.38. The Morgan fingerprint density at radius 3 is 2.53 bits per heavy atom. The zero-order valence-electron chi connectivity index (χ0n) is 9.82. The van der Waals surface area contributed by atoms with Gasteiger partial charge in [-0.25, -0.2) is 0 Å². The summed E-state index contributed by atoms with van der Waals surface area (Å²) in [5.41, 5.74) is 1.03. The van der Waals surface area contributed by atoms with Crippen molar-refractivity contribution in [3.05, 3.63) is 29.3 Å². The number of hydrogen-bond donors (Lipinski definition) is 0. The number of esters is 1. The van der Waals surface area contributed by atoms with Crippen LogP contribution in [0.4, 0.5) is 5.69 Å². The standard InChI is InChI=1S/C12H15BrClNO2/c1-3-15(8-11(13)12(16)17-2)10-6-4-9(14)5-7-10/h4-7,11H,3,8H2,1-2H3/t11-/m0/s1. The molecule has 0 heterocycles. The number of methoxy groups -OCH3 is 1. The largest absolute Gasteiger partial charge is 0.468 e. The lowest BCUT2D eigenvalue weighted by molar-refractivity contribution is -0.139. The topological polar surface area (TPSA) is 29.5 Å². The van der Waals surface area contributed by atoms with Crippen molar-refractivity contribution >= 4 is 39.2 Å². The Bertz CT molecular complexity index is 369. The SMILES string of the molecule is CCN(C[C@H](Br)C(=O)OC)c1ccc(Cl)cc1. The highest BCUT2D eigenvalue weighted by Gasteiger charge is 2.18. The van der Waals surface area contributed by atoms with Gasteiger partial charge in [-0.2, -0.15) is 0 Å². The quantitative estimate of drug-likeness (QED) is 0.617. The summed E-state index contributed by atoms with van der Waals surface area (Å²) in [6.07, 6.45) is 0. The lowest BCUT2D eigenvalue weighted by Gasteiger charge is -2.24. The molecule has 0 aromatic heterocycles. The van der Waals surface area contributed by atoms with Gasteiger partial charge in [0.05, 0.1) is 7.11 Å². The van der Waals surface area contributed by atoms with Gasteiger partial charge in [-0.15, -0.1) is 0 Å². The maximum absolute atomic E-state index is 11.3. The van der Waals surface area contributed by atoms with Gasteiger partial charge in [0.1, 0.15) is 4.83 Å². The molecule has 17 heavy (non-hydrogen) atoms. The lowest BCUT2D eigenvalue weighted by atomic mass is 10.2. The van der Waals surface area contributed by atoms with E-state index in [1.165, 1.54) is 7.11 Å². The molecular weight excluding hydrogens is 305 g/mol. The molecule has 0 unspecified atom stereocenters. The smallest absolute Gasteiger partial charge is 0.321 e. The number of carbonyl (C=O) groups excluding carboxylic acids is 1. The van der Waals surface area contributed by atoms with E-state index >= 15 is 0 Å². The number of hydrogen-bond acceptors (Lipinski definition) is 3. The number of nitrogens with zero attached hydrogens (tertiary/aromatic N) is 1. The van der Waals surface area contributed by atoms with Gasteiger partial charge in [-0.3, -0.25) is 4.79 Å². The number of anilines is 1. The zero-order valence-corrected chi connectivity index (χ0v) is 12.2. The molecule has 5 heteroatoms. The molecule has 1 aromatic carbocycles. The summed E-state index contributed by atoms with van der Waals surface area (Å²) < 4.78 is 4.68. The van der Waals surface area contributed by atoms with Gasteiger partial charge < -0.3 is 9.64 Å². The van der Waals surface area contributed by atoms with Gasteiger partial charge in [0.25, 0.3) is 0 Å². The number of rotatable bonds is 5. The number of halogens is 2. The van der Waals surface area contributed by atoms with Crippen LogP contribution in [-0.4, -0.2) is 31.0 Å². The van der Waals surface area contributed by atoms with Crippen LogP contribution in [0.25, 0.3) is 0 Å². The predicted octanol–water partition coefficient (Wildman–Crippen LogP) is 3.10. The van der Waals surface area contributed by atoms with E-state index in [0.717, 1.165) is 12.2 Å². The summed E-state index contributed by atoms with van der Waals surface area (Å²) in [5, 5.41) is 0.702. The summed E-state index contributed by atoms with van der Waals surface area (Å²) in [4.78, 5) is 13.1. The van der Waals surface area contributed by atoms with Crippen LogP contribution in [-0.2, 0) is 9.53 Å². The molecule has 0 bridgehead atoms. The first-order valence-corrected chi connectivity index (χ1v) is 6.60. The minimum absolute atomic E-state index is 0.266. The minimum Gasteiger partial charge on any atom is -0.468 e. The van der Waals surface area contributed by atoms with Crippen molar-refractivity contribution in [3.63, 3.8) is 0 Å². The van der Waals surface area contributed by atoms with Crippen LogP contribution in [0.5, 0.6) is 0 Å². The second-order valence-electron chi connectivity index (χ2n) is 3.51. The van der Waals surface area contributed by atoms with E-state index in [0.29, 0.717) is 11.6 Å². The first-order chi connectivity index (χ1) is 8.08. The van der Waals surface area contributed by atoms with Crippen molar-refractivity contribution in [2.24, 2.45) is 0 Å².